The zero-order chi connectivity index (χ0) is 34.1. The van der Waals surface area contributed by atoms with Crippen molar-refractivity contribution in [3.8, 4) is 0 Å². The first-order valence-electron chi connectivity index (χ1n) is 14.6. The van der Waals surface area contributed by atoms with Crippen molar-refractivity contribution in [3.05, 3.63) is 71.8 Å². The van der Waals surface area contributed by atoms with Crippen molar-refractivity contribution in [1.29, 1.82) is 0 Å². The highest BCUT2D eigenvalue weighted by molar-refractivity contribution is 8.76. The van der Waals surface area contributed by atoms with Crippen LogP contribution in [0.25, 0.3) is 0 Å². The molecule has 0 spiro atoms. The van der Waals surface area contributed by atoms with E-state index in [2.05, 4.69) is 26.6 Å². The number of carbonyl (C=O) groups excluding carboxylic acids is 5. The lowest BCUT2D eigenvalue weighted by molar-refractivity contribution is -0.140. The van der Waals surface area contributed by atoms with Gasteiger partial charge < -0.3 is 37.4 Å². The lowest BCUT2D eigenvalue weighted by Gasteiger charge is -2.24. The molecule has 0 bridgehead atoms. The van der Waals surface area contributed by atoms with Crippen LogP contribution in [0, 0.1) is 0 Å². The van der Waals surface area contributed by atoms with Crippen molar-refractivity contribution in [2.75, 3.05) is 18.6 Å². The molecule has 0 radical (unpaired) electrons. The molecular weight excluding hydrogens is 633 g/mol. The zero-order valence-electron chi connectivity index (χ0n) is 26.0. The number of hydrogen-bond donors (Lipinski definition) is 7. The minimum atomic E-state index is -1.38. The first kappa shape index (κ1) is 38.1. The monoisotopic (exact) mass is 674 g/mol. The van der Waals surface area contributed by atoms with Gasteiger partial charge in [0.05, 0.1) is 6.42 Å². The standard InChI is InChI=1S/C31H42N6O7S2/c1-19(18-46-45-3)34-30(43)26(16-27(39)40)36-28(41)23(32)17-33-29(42)24(14-21-10-6-4-7-11-21)37-31(44)25(35-20(2)38)15-22-12-8-5-9-13-22/h4-13,19,23-26H,14-18,32H2,1-3H3,(H,33,42)(H,34,43)(H,35,38)(H,36,41)(H,37,44)(H,39,40)/t19-,23-,24-,25-,26-/m0/s1. The Kier molecular flexibility index (Phi) is 16.7. The van der Waals surface area contributed by atoms with Crippen LogP contribution in [0.2, 0.25) is 0 Å². The minimum absolute atomic E-state index is 0.103. The van der Waals surface area contributed by atoms with E-state index in [1.807, 2.05) is 42.7 Å². The molecule has 250 valence electrons. The summed E-state index contributed by atoms with van der Waals surface area (Å²) in [7, 11) is 3.03. The van der Waals surface area contributed by atoms with Crippen molar-refractivity contribution < 1.29 is 33.9 Å². The SMILES string of the molecule is CSSC[C@H](C)NC(=O)[C@H](CC(=O)O)NC(=O)[C@@H](N)CNC(=O)[C@H](Cc1ccccc1)NC(=O)[C@H](Cc1ccccc1)NC(C)=O. The number of benzene rings is 2. The third-order valence-corrected chi connectivity index (χ3v) is 8.55. The van der Waals surface area contributed by atoms with Gasteiger partial charge in [0.1, 0.15) is 24.2 Å². The van der Waals surface area contributed by atoms with Gasteiger partial charge in [-0.25, -0.2) is 0 Å². The molecule has 8 N–H and O–H groups in total. The predicted octanol–water partition coefficient (Wildman–Crippen LogP) is 0.380. The fourth-order valence-electron chi connectivity index (χ4n) is 4.28. The Morgan fingerprint density at radius 1 is 0.739 bits per heavy atom. The average molecular weight is 675 g/mol. The topological polar surface area (TPSA) is 209 Å². The van der Waals surface area contributed by atoms with Crippen LogP contribution in [0.4, 0.5) is 0 Å². The van der Waals surface area contributed by atoms with Crippen LogP contribution < -0.4 is 32.3 Å². The summed E-state index contributed by atoms with van der Waals surface area (Å²) >= 11 is 0. The third-order valence-electron chi connectivity index (χ3n) is 6.56. The summed E-state index contributed by atoms with van der Waals surface area (Å²) in [5.41, 5.74) is 7.56. The van der Waals surface area contributed by atoms with Crippen molar-refractivity contribution in [2.45, 2.75) is 63.3 Å². The molecule has 0 aromatic heterocycles. The highest BCUT2D eigenvalue weighted by Gasteiger charge is 2.29. The predicted molar refractivity (Wildman–Crippen MR) is 179 cm³/mol. The van der Waals surface area contributed by atoms with Gasteiger partial charge in [0.15, 0.2) is 0 Å². The summed E-state index contributed by atoms with van der Waals surface area (Å²) in [5, 5.41) is 22.2. The molecular formula is C31H42N6O7S2. The number of carboxylic acids is 1. The van der Waals surface area contributed by atoms with E-state index < -0.39 is 66.1 Å². The van der Waals surface area contributed by atoms with E-state index in [1.165, 1.54) is 28.5 Å². The molecule has 0 saturated heterocycles. The van der Waals surface area contributed by atoms with Crippen molar-refractivity contribution in [3.63, 3.8) is 0 Å². The number of carbonyl (C=O) groups is 6. The molecule has 0 unspecified atom stereocenters. The van der Waals surface area contributed by atoms with Crippen LogP contribution in [-0.4, -0.2) is 89.4 Å². The van der Waals surface area contributed by atoms with Crippen LogP contribution >= 0.6 is 21.6 Å². The lowest BCUT2D eigenvalue weighted by atomic mass is 10.0. The first-order valence-corrected chi connectivity index (χ1v) is 17.3. The van der Waals surface area contributed by atoms with E-state index in [0.717, 1.165) is 11.1 Å². The number of aliphatic carboxylic acids is 1. The smallest absolute Gasteiger partial charge is 0.305 e. The molecule has 0 aliphatic heterocycles. The Labute approximate surface area is 276 Å². The summed E-state index contributed by atoms with van der Waals surface area (Å²) in [4.78, 5) is 75.5. The molecule has 0 fully saturated rings. The normalized spacial score (nSPS) is 14.0. The molecule has 15 heteroatoms. The molecule has 5 amide bonds. The molecule has 0 aliphatic rings. The first-order chi connectivity index (χ1) is 21.9. The molecule has 2 aromatic rings. The molecule has 5 atom stereocenters. The van der Waals surface area contributed by atoms with Gasteiger partial charge in [-0.05, 0) is 24.3 Å². The lowest BCUT2D eigenvalue weighted by Crippen LogP contribution is -2.58. The highest BCUT2D eigenvalue weighted by Crippen LogP contribution is 2.17. The molecule has 2 aromatic carbocycles. The van der Waals surface area contributed by atoms with Crippen LogP contribution in [0.3, 0.4) is 0 Å². The van der Waals surface area contributed by atoms with Crippen LogP contribution in [0.5, 0.6) is 0 Å². The maximum absolute atomic E-state index is 13.4. The number of nitrogens with two attached hydrogens (primary N) is 1. The second-order valence-corrected chi connectivity index (χ2v) is 13.2. The Morgan fingerprint density at radius 3 is 1.74 bits per heavy atom. The van der Waals surface area contributed by atoms with Crippen molar-refractivity contribution in [2.24, 2.45) is 5.73 Å². The fourth-order valence-corrected chi connectivity index (χ4v) is 5.72. The molecule has 0 saturated carbocycles. The summed E-state index contributed by atoms with van der Waals surface area (Å²) in [6.07, 6.45) is 1.52. The second kappa shape index (κ2) is 20.1. The van der Waals surface area contributed by atoms with Gasteiger partial charge >= 0.3 is 5.97 Å². The summed E-state index contributed by atoms with van der Waals surface area (Å²) in [6.45, 7) is 2.68. The maximum atomic E-state index is 13.4. The van der Waals surface area contributed by atoms with E-state index in [0.29, 0.717) is 5.75 Å². The Balaban J connectivity index is 2.11. The van der Waals surface area contributed by atoms with Gasteiger partial charge in [-0.2, -0.15) is 0 Å². The van der Waals surface area contributed by atoms with Gasteiger partial charge in [0.2, 0.25) is 29.5 Å². The number of amides is 5. The zero-order valence-corrected chi connectivity index (χ0v) is 27.6. The van der Waals surface area contributed by atoms with E-state index in [1.54, 1.807) is 31.2 Å². The van der Waals surface area contributed by atoms with E-state index in [4.69, 9.17) is 5.73 Å². The van der Waals surface area contributed by atoms with E-state index in [9.17, 15) is 33.9 Å². The van der Waals surface area contributed by atoms with Gasteiger partial charge in [-0.3, -0.25) is 28.8 Å². The number of nitrogens with one attached hydrogen (secondary N) is 5. The van der Waals surface area contributed by atoms with Crippen LogP contribution in [0.15, 0.2) is 60.7 Å². The Bertz CT molecular complexity index is 1320. The summed E-state index contributed by atoms with van der Waals surface area (Å²) in [6, 6.07) is 13.0. The maximum Gasteiger partial charge on any atom is 0.305 e. The van der Waals surface area contributed by atoms with Gasteiger partial charge in [0, 0.05) is 38.1 Å². The third kappa shape index (κ3) is 14.3. The molecule has 13 nitrogen and oxygen atoms in total. The molecule has 2 rings (SSSR count). The average Bonchev–Trinajstić information content (AvgIpc) is 3.01. The van der Waals surface area contributed by atoms with E-state index >= 15 is 0 Å². The Hall–Kier alpha value is -4.08. The summed E-state index contributed by atoms with van der Waals surface area (Å²) < 4.78 is 0. The summed E-state index contributed by atoms with van der Waals surface area (Å²) in [5.74, 6) is -3.86. The van der Waals surface area contributed by atoms with Gasteiger partial charge in [0.25, 0.3) is 0 Å². The Morgan fingerprint density at radius 2 is 1.24 bits per heavy atom. The number of rotatable bonds is 19. The largest absolute Gasteiger partial charge is 0.481 e. The second-order valence-electron chi connectivity index (χ2n) is 10.6. The highest BCUT2D eigenvalue weighted by atomic mass is 33.1. The van der Waals surface area contributed by atoms with E-state index in [-0.39, 0.29) is 25.4 Å². The quantitative estimate of drug-likeness (QED) is 0.102. The van der Waals surface area contributed by atoms with Gasteiger partial charge in [-0.15, -0.1) is 0 Å². The molecule has 0 aliphatic carbocycles. The minimum Gasteiger partial charge on any atom is -0.481 e. The van der Waals surface area contributed by atoms with Crippen LogP contribution in [0.1, 0.15) is 31.4 Å². The molecule has 46 heavy (non-hydrogen) atoms. The molecule has 0 heterocycles. The number of hydrogen-bond acceptors (Lipinski definition) is 9. The fraction of sp³-hybridized carbons (Fsp3) is 0.419. The van der Waals surface area contributed by atoms with Gasteiger partial charge in [-0.1, -0.05) is 82.3 Å². The van der Waals surface area contributed by atoms with Crippen molar-refractivity contribution >= 4 is 57.1 Å². The van der Waals surface area contributed by atoms with Crippen LogP contribution in [-0.2, 0) is 41.6 Å². The van der Waals surface area contributed by atoms with Crippen molar-refractivity contribution in [1.82, 2.24) is 26.6 Å². The number of carboxylic acid groups (broad SMARTS) is 1.